The van der Waals surface area contributed by atoms with Crippen LogP contribution in [0.3, 0.4) is 0 Å². The fraction of sp³-hybridized carbons (Fsp3) is 0.368. The van der Waals surface area contributed by atoms with E-state index in [0.717, 1.165) is 21.9 Å². The maximum atomic E-state index is 5.79. The minimum Gasteiger partial charge on any atom is -0.468 e. The molecule has 3 nitrogen and oxygen atoms in total. The van der Waals surface area contributed by atoms with Gasteiger partial charge < -0.3 is 15.6 Å². The monoisotopic (exact) mass is 360 g/mol. The van der Waals surface area contributed by atoms with Crippen LogP contribution in [0.2, 0.25) is 6.55 Å². The predicted molar refractivity (Wildman–Crippen MR) is 113 cm³/mol. The van der Waals surface area contributed by atoms with E-state index in [9.17, 15) is 0 Å². The lowest BCUT2D eigenvalue weighted by atomic mass is 9.86. The Labute approximate surface area is 152 Å². The van der Waals surface area contributed by atoms with Gasteiger partial charge >= 0.3 is 0 Å². The quantitative estimate of drug-likeness (QED) is 0.453. The van der Waals surface area contributed by atoms with Crippen LogP contribution in [0.15, 0.2) is 48.5 Å². The van der Waals surface area contributed by atoms with Crippen molar-refractivity contribution in [2.45, 2.75) is 45.1 Å². The number of anilines is 2. The standard InChI is InChI=1S/C18H24N2.CH8OSi2/c1-2-3-4-5-18(14-6-10-16(19)11-7-14)15-8-12-17(20)13-9-15;1-4-2-3/h6-13,18H,2-5,19-20H2,1H3;4H2,1,3H3. The summed E-state index contributed by atoms with van der Waals surface area (Å²) in [6, 6.07) is 16.5. The third-order valence-electron chi connectivity index (χ3n) is 4.06. The highest BCUT2D eigenvalue weighted by atomic mass is 28.3. The van der Waals surface area contributed by atoms with Gasteiger partial charge in [-0.1, -0.05) is 57.0 Å². The van der Waals surface area contributed by atoms with Crippen LogP contribution in [0.25, 0.3) is 0 Å². The number of hydrogen-bond acceptors (Lipinski definition) is 3. The summed E-state index contributed by atoms with van der Waals surface area (Å²) in [6.07, 6.45) is 4.94. The lowest BCUT2D eigenvalue weighted by Crippen LogP contribution is -2.02. The molecule has 0 aliphatic rings. The van der Waals surface area contributed by atoms with Gasteiger partial charge in [0, 0.05) is 17.3 Å². The Kier molecular flexibility index (Phi) is 10.1. The highest BCUT2D eigenvalue weighted by Crippen LogP contribution is 2.31. The molecule has 4 N–H and O–H groups in total. The van der Waals surface area contributed by atoms with Crippen LogP contribution in [0.5, 0.6) is 0 Å². The molecule has 0 spiro atoms. The van der Waals surface area contributed by atoms with E-state index < -0.39 is 0 Å². The summed E-state index contributed by atoms with van der Waals surface area (Å²) in [5, 5.41) is 0. The molecule has 0 fully saturated rings. The van der Waals surface area contributed by atoms with Gasteiger partial charge in [0.2, 0.25) is 0 Å². The first kappa shape index (κ1) is 20.5. The molecule has 24 heavy (non-hydrogen) atoms. The molecule has 2 rings (SSSR count). The molecule has 0 saturated carbocycles. The van der Waals surface area contributed by atoms with Crippen LogP contribution < -0.4 is 11.5 Å². The molecule has 0 saturated heterocycles. The van der Waals surface area contributed by atoms with Gasteiger partial charge in [0.15, 0.2) is 0 Å². The average molecular weight is 361 g/mol. The van der Waals surface area contributed by atoms with Gasteiger partial charge in [0.05, 0.1) is 0 Å². The highest BCUT2D eigenvalue weighted by molar-refractivity contribution is 6.32. The highest BCUT2D eigenvalue weighted by Gasteiger charge is 2.13. The first-order valence-corrected chi connectivity index (χ1v) is 11.6. The number of rotatable bonds is 7. The fourth-order valence-electron chi connectivity index (χ4n) is 2.58. The van der Waals surface area contributed by atoms with Crippen LogP contribution >= 0.6 is 0 Å². The predicted octanol–water partition coefficient (Wildman–Crippen LogP) is 2.98. The molecule has 0 aliphatic heterocycles. The van der Waals surface area contributed by atoms with Crippen molar-refractivity contribution in [2.24, 2.45) is 0 Å². The van der Waals surface area contributed by atoms with Crippen molar-refractivity contribution in [1.29, 1.82) is 0 Å². The molecule has 0 atom stereocenters. The normalized spacial score (nSPS) is 11.0. The third kappa shape index (κ3) is 7.34. The summed E-state index contributed by atoms with van der Waals surface area (Å²) in [7, 11) is 0.938. The van der Waals surface area contributed by atoms with E-state index in [-0.39, 0.29) is 9.76 Å². The summed E-state index contributed by atoms with van der Waals surface area (Å²) in [5.74, 6) is 0.433. The number of hydrogen-bond donors (Lipinski definition) is 2. The molecule has 2 aromatic carbocycles. The van der Waals surface area contributed by atoms with Gasteiger partial charge in [-0.15, -0.1) is 0 Å². The van der Waals surface area contributed by atoms with Gasteiger partial charge in [0.1, 0.15) is 20.2 Å². The van der Waals surface area contributed by atoms with E-state index in [1.165, 1.54) is 36.8 Å². The average Bonchev–Trinajstić information content (AvgIpc) is 2.61. The molecule has 0 heterocycles. The third-order valence-corrected chi connectivity index (χ3v) is 6.37. The Morgan fingerprint density at radius 1 is 0.917 bits per heavy atom. The Balaban J connectivity index is 0.000000648. The molecule has 0 radical (unpaired) electrons. The van der Waals surface area contributed by atoms with E-state index in [1.807, 2.05) is 24.3 Å². The van der Waals surface area contributed by atoms with Crippen molar-refractivity contribution >= 4 is 31.6 Å². The second-order valence-electron chi connectivity index (χ2n) is 5.96. The lowest BCUT2D eigenvalue weighted by Gasteiger charge is -2.18. The molecule has 0 unspecified atom stereocenters. The van der Waals surface area contributed by atoms with E-state index in [2.05, 4.69) is 37.7 Å². The molecular formula is C19H32N2OSi2. The molecule has 0 aromatic heterocycles. The first-order valence-electron chi connectivity index (χ1n) is 8.82. The summed E-state index contributed by atoms with van der Waals surface area (Å²) < 4.78 is 4.82. The van der Waals surface area contributed by atoms with Crippen LogP contribution in [-0.4, -0.2) is 20.2 Å². The fourth-order valence-corrected chi connectivity index (χ4v) is 2.58. The molecule has 0 amide bonds. The zero-order valence-corrected chi connectivity index (χ0v) is 18.7. The number of nitrogen functional groups attached to an aromatic ring is 2. The molecule has 0 bridgehead atoms. The Morgan fingerprint density at radius 3 is 1.67 bits per heavy atom. The van der Waals surface area contributed by atoms with Gasteiger partial charge in [-0.25, -0.2) is 0 Å². The van der Waals surface area contributed by atoms with Crippen LogP contribution in [-0.2, 0) is 4.12 Å². The minimum absolute atomic E-state index is 0.0139. The van der Waals surface area contributed by atoms with Gasteiger partial charge in [-0.3, -0.25) is 0 Å². The van der Waals surface area contributed by atoms with Crippen molar-refractivity contribution in [1.82, 2.24) is 0 Å². The second kappa shape index (κ2) is 11.9. The SMILES string of the molecule is CCCCCC(c1ccc(N)cc1)c1ccc(N)cc1.C[SiH2]O[SiH3]. The zero-order valence-electron chi connectivity index (χ0n) is 15.3. The summed E-state index contributed by atoms with van der Waals surface area (Å²) in [6.45, 7) is 4.37. The van der Waals surface area contributed by atoms with Crippen LogP contribution in [0.4, 0.5) is 11.4 Å². The van der Waals surface area contributed by atoms with Gasteiger partial charge in [-0.2, -0.15) is 0 Å². The Bertz CT molecular complexity index is 511. The number of nitrogens with two attached hydrogens (primary N) is 2. The van der Waals surface area contributed by atoms with Crippen molar-refractivity contribution in [3.8, 4) is 0 Å². The maximum absolute atomic E-state index is 5.79. The van der Waals surface area contributed by atoms with Crippen molar-refractivity contribution in [3.63, 3.8) is 0 Å². The van der Waals surface area contributed by atoms with E-state index in [0.29, 0.717) is 5.92 Å². The Morgan fingerprint density at radius 2 is 1.33 bits per heavy atom. The van der Waals surface area contributed by atoms with Crippen molar-refractivity contribution in [2.75, 3.05) is 11.5 Å². The van der Waals surface area contributed by atoms with E-state index in [4.69, 9.17) is 15.6 Å². The largest absolute Gasteiger partial charge is 0.468 e. The maximum Gasteiger partial charge on any atom is 0.142 e. The van der Waals surface area contributed by atoms with Crippen molar-refractivity contribution in [3.05, 3.63) is 59.7 Å². The molecule has 5 heteroatoms. The van der Waals surface area contributed by atoms with Crippen LogP contribution in [0, 0.1) is 0 Å². The first-order chi connectivity index (χ1) is 11.6. The zero-order chi connectivity index (χ0) is 17.8. The Hall–Kier alpha value is -1.57. The number of unbranched alkanes of at least 4 members (excludes halogenated alkanes) is 2. The smallest absolute Gasteiger partial charge is 0.142 e. The minimum atomic E-state index is -0.0139. The lowest BCUT2D eigenvalue weighted by molar-refractivity contribution is 0.618. The van der Waals surface area contributed by atoms with E-state index >= 15 is 0 Å². The summed E-state index contributed by atoms with van der Waals surface area (Å²) >= 11 is 0. The summed E-state index contributed by atoms with van der Waals surface area (Å²) in [5.41, 5.74) is 15.9. The number of benzene rings is 2. The topological polar surface area (TPSA) is 61.3 Å². The molecular weight excluding hydrogens is 328 g/mol. The molecule has 2 aromatic rings. The summed E-state index contributed by atoms with van der Waals surface area (Å²) in [4.78, 5) is 0. The van der Waals surface area contributed by atoms with Crippen LogP contribution in [0.1, 0.15) is 49.7 Å². The van der Waals surface area contributed by atoms with Gasteiger partial charge in [-0.05, 0) is 41.8 Å². The molecule has 0 aliphatic carbocycles. The second-order valence-corrected chi connectivity index (χ2v) is 8.85. The van der Waals surface area contributed by atoms with Crippen molar-refractivity contribution < 1.29 is 4.12 Å². The van der Waals surface area contributed by atoms with Gasteiger partial charge in [0.25, 0.3) is 0 Å². The van der Waals surface area contributed by atoms with E-state index in [1.54, 1.807) is 0 Å². The molecule has 132 valence electrons.